The lowest BCUT2D eigenvalue weighted by atomic mass is 9.96. The van der Waals surface area contributed by atoms with Crippen molar-refractivity contribution >= 4 is 53.1 Å². The van der Waals surface area contributed by atoms with Crippen molar-refractivity contribution in [3.63, 3.8) is 0 Å². The van der Waals surface area contributed by atoms with Crippen LogP contribution in [0.5, 0.6) is 0 Å². The van der Waals surface area contributed by atoms with Crippen LogP contribution in [0.15, 0.2) is 152 Å². The van der Waals surface area contributed by atoms with Crippen LogP contribution in [0.2, 0.25) is 0 Å². The van der Waals surface area contributed by atoms with Crippen molar-refractivity contribution < 1.29 is 0 Å². The van der Waals surface area contributed by atoms with E-state index in [1.807, 2.05) is 47.7 Å². The summed E-state index contributed by atoms with van der Waals surface area (Å²) in [5, 5.41) is 7.59. The summed E-state index contributed by atoms with van der Waals surface area (Å²) in [6.45, 7) is 0. The van der Waals surface area contributed by atoms with E-state index in [2.05, 4.69) is 115 Å². The van der Waals surface area contributed by atoms with Crippen LogP contribution < -0.4 is 0 Å². The van der Waals surface area contributed by atoms with Gasteiger partial charge in [-0.2, -0.15) is 0 Å². The Hall–Kier alpha value is -5.71. The molecule has 9 rings (SSSR count). The summed E-state index contributed by atoms with van der Waals surface area (Å²) in [6.07, 6.45) is 0. The van der Waals surface area contributed by atoms with Crippen molar-refractivity contribution in [2.45, 2.75) is 0 Å². The Labute approximate surface area is 264 Å². The van der Waals surface area contributed by atoms with Crippen LogP contribution in [0.3, 0.4) is 0 Å². The zero-order valence-electron chi connectivity index (χ0n) is 24.2. The Balaban J connectivity index is 1.24. The molecule has 0 aliphatic rings. The van der Waals surface area contributed by atoms with Crippen LogP contribution in [-0.2, 0) is 0 Å². The highest BCUT2D eigenvalue weighted by Gasteiger charge is 2.15. The van der Waals surface area contributed by atoms with Gasteiger partial charge in [0.15, 0.2) is 17.5 Å². The second-order valence-corrected chi connectivity index (χ2v) is 12.3. The lowest BCUT2D eigenvalue weighted by molar-refractivity contribution is 1.07. The van der Waals surface area contributed by atoms with E-state index >= 15 is 0 Å². The molecule has 2 aromatic heterocycles. The predicted octanol–water partition coefficient (Wildman–Crippen LogP) is 11.2. The molecule has 4 heteroatoms. The number of fused-ring (bicyclic) bond motifs is 7. The maximum Gasteiger partial charge on any atom is 0.164 e. The molecule has 9 aromatic rings. The van der Waals surface area contributed by atoms with Crippen LogP contribution in [0.4, 0.5) is 0 Å². The van der Waals surface area contributed by atoms with Crippen LogP contribution in [-0.4, -0.2) is 15.0 Å². The highest BCUT2D eigenvalue weighted by Crippen LogP contribution is 2.41. The van der Waals surface area contributed by atoms with E-state index in [1.165, 1.54) is 36.3 Å². The normalized spacial score (nSPS) is 11.6. The summed E-state index contributed by atoms with van der Waals surface area (Å²) in [4.78, 5) is 15.1. The summed E-state index contributed by atoms with van der Waals surface area (Å²) >= 11 is 1.86. The Kier molecular flexibility index (Phi) is 6.00. The quantitative estimate of drug-likeness (QED) is 0.191. The van der Waals surface area contributed by atoms with Gasteiger partial charge in [0, 0.05) is 36.9 Å². The Morgan fingerprint density at radius 1 is 0.333 bits per heavy atom. The molecular weight excluding hydrogens is 567 g/mol. The zero-order valence-corrected chi connectivity index (χ0v) is 25.0. The Morgan fingerprint density at radius 3 is 1.73 bits per heavy atom. The fraction of sp³-hybridized carbons (Fsp3) is 0. The van der Waals surface area contributed by atoms with Gasteiger partial charge >= 0.3 is 0 Å². The van der Waals surface area contributed by atoms with Gasteiger partial charge in [-0.15, -0.1) is 11.3 Å². The van der Waals surface area contributed by atoms with E-state index in [0.29, 0.717) is 17.5 Å². The molecule has 2 heterocycles. The van der Waals surface area contributed by atoms with Gasteiger partial charge in [-0.3, -0.25) is 0 Å². The van der Waals surface area contributed by atoms with E-state index in [1.54, 1.807) is 0 Å². The topological polar surface area (TPSA) is 38.7 Å². The number of hydrogen-bond donors (Lipinski definition) is 0. The third kappa shape index (κ3) is 4.46. The van der Waals surface area contributed by atoms with E-state index < -0.39 is 0 Å². The minimum Gasteiger partial charge on any atom is -0.208 e. The predicted molar refractivity (Wildman–Crippen MR) is 189 cm³/mol. The summed E-state index contributed by atoms with van der Waals surface area (Å²) in [6, 6.07) is 53.2. The number of nitrogens with zero attached hydrogens (tertiary/aromatic N) is 3. The standard InChI is InChI=1S/C41H25N3S/c1-3-10-26(11-4-1)29-14-9-15-31(24-29)40-42-39(28-12-5-2-6-13-28)43-41(44-40)32-20-22-33-30(25-32)19-18-27-21-23-36-38(37(27)33)34-16-7-8-17-35(34)45-36/h1-25H. The van der Waals surface area contributed by atoms with Gasteiger partial charge in [0.05, 0.1) is 0 Å². The molecule has 0 aliphatic heterocycles. The van der Waals surface area contributed by atoms with Gasteiger partial charge in [-0.1, -0.05) is 127 Å². The highest BCUT2D eigenvalue weighted by molar-refractivity contribution is 7.26. The molecule has 0 fully saturated rings. The minimum absolute atomic E-state index is 0.654. The first kappa shape index (κ1) is 25.8. The first-order valence-corrected chi connectivity index (χ1v) is 15.8. The van der Waals surface area contributed by atoms with Gasteiger partial charge in [0.1, 0.15) is 0 Å². The number of aromatic nitrogens is 3. The molecule has 0 spiro atoms. The monoisotopic (exact) mass is 591 g/mol. The second kappa shape index (κ2) is 10.5. The molecular formula is C41H25N3S. The molecule has 45 heavy (non-hydrogen) atoms. The number of rotatable bonds is 4. The minimum atomic E-state index is 0.654. The molecule has 0 saturated carbocycles. The SMILES string of the molecule is c1ccc(-c2cccc(-c3nc(-c4ccccc4)nc(-c4ccc5c(ccc6ccc7sc8ccccc8c7c65)c4)n3)c2)cc1. The molecule has 0 atom stereocenters. The van der Waals surface area contributed by atoms with E-state index in [4.69, 9.17) is 15.0 Å². The largest absolute Gasteiger partial charge is 0.208 e. The maximum absolute atomic E-state index is 5.07. The maximum atomic E-state index is 5.07. The molecule has 0 saturated heterocycles. The van der Waals surface area contributed by atoms with Crippen molar-refractivity contribution in [1.29, 1.82) is 0 Å². The van der Waals surface area contributed by atoms with Crippen molar-refractivity contribution in [3.05, 3.63) is 152 Å². The van der Waals surface area contributed by atoms with Crippen LogP contribution >= 0.6 is 11.3 Å². The number of hydrogen-bond acceptors (Lipinski definition) is 4. The molecule has 0 N–H and O–H groups in total. The van der Waals surface area contributed by atoms with Gasteiger partial charge in [0.25, 0.3) is 0 Å². The molecule has 0 radical (unpaired) electrons. The third-order valence-corrected chi connectivity index (χ3v) is 9.63. The van der Waals surface area contributed by atoms with Crippen molar-refractivity contribution in [2.24, 2.45) is 0 Å². The van der Waals surface area contributed by atoms with Gasteiger partial charge in [-0.05, 0) is 56.9 Å². The molecule has 0 aliphatic carbocycles. The summed E-state index contributed by atoms with van der Waals surface area (Å²) in [5.41, 5.74) is 5.16. The molecule has 0 unspecified atom stereocenters. The first-order valence-electron chi connectivity index (χ1n) is 15.0. The van der Waals surface area contributed by atoms with Crippen LogP contribution in [0.1, 0.15) is 0 Å². The van der Waals surface area contributed by atoms with Crippen molar-refractivity contribution in [2.75, 3.05) is 0 Å². The first-order chi connectivity index (χ1) is 22.3. The fourth-order valence-electron chi connectivity index (χ4n) is 6.33. The molecule has 0 bridgehead atoms. The second-order valence-electron chi connectivity index (χ2n) is 11.3. The summed E-state index contributed by atoms with van der Waals surface area (Å²) in [7, 11) is 0. The Bertz CT molecular complexity index is 2540. The Morgan fingerprint density at radius 2 is 0.933 bits per heavy atom. The average Bonchev–Trinajstić information content (AvgIpc) is 3.51. The van der Waals surface area contributed by atoms with E-state index in [-0.39, 0.29) is 0 Å². The van der Waals surface area contributed by atoms with Gasteiger partial charge in [-0.25, -0.2) is 15.0 Å². The summed E-state index contributed by atoms with van der Waals surface area (Å²) < 4.78 is 2.63. The molecule has 0 amide bonds. The highest BCUT2D eigenvalue weighted by atomic mass is 32.1. The van der Waals surface area contributed by atoms with E-state index in [9.17, 15) is 0 Å². The third-order valence-electron chi connectivity index (χ3n) is 8.49. The number of benzene rings is 7. The fourth-order valence-corrected chi connectivity index (χ4v) is 7.44. The van der Waals surface area contributed by atoms with Crippen LogP contribution in [0.25, 0.3) is 87.0 Å². The molecule has 210 valence electrons. The lowest BCUT2D eigenvalue weighted by Crippen LogP contribution is -2.00. The lowest BCUT2D eigenvalue weighted by Gasteiger charge is -2.11. The van der Waals surface area contributed by atoms with Gasteiger partial charge in [0.2, 0.25) is 0 Å². The molecule has 3 nitrogen and oxygen atoms in total. The van der Waals surface area contributed by atoms with Crippen molar-refractivity contribution in [1.82, 2.24) is 15.0 Å². The average molecular weight is 592 g/mol. The smallest absolute Gasteiger partial charge is 0.164 e. The summed E-state index contributed by atoms with van der Waals surface area (Å²) in [5.74, 6) is 1.97. The molecule has 7 aromatic carbocycles. The zero-order chi connectivity index (χ0) is 29.7. The van der Waals surface area contributed by atoms with Crippen molar-refractivity contribution in [3.8, 4) is 45.3 Å². The van der Waals surface area contributed by atoms with E-state index in [0.717, 1.165) is 33.2 Å². The van der Waals surface area contributed by atoms with Crippen LogP contribution in [0, 0.1) is 0 Å². The van der Waals surface area contributed by atoms with Gasteiger partial charge < -0.3 is 0 Å². The number of thiophene rings is 1.